The Morgan fingerprint density at radius 2 is 1.29 bits per heavy atom. The van der Waals surface area contributed by atoms with Crippen LogP contribution in [0.15, 0.2) is 112 Å². The molecule has 0 atom stereocenters. The highest BCUT2D eigenvalue weighted by atomic mass is 19.1. The summed E-state index contributed by atoms with van der Waals surface area (Å²) in [6.45, 7) is 0.190. The van der Waals surface area contributed by atoms with Crippen LogP contribution in [-0.4, -0.2) is 15.0 Å². The van der Waals surface area contributed by atoms with Crippen molar-refractivity contribution >= 4 is 29.2 Å². The van der Waals surface area contributed by atoms with Crippen molar-refractivity contribution in [2.75, 3.05) is 10.6 Å². The number of nitrogens with one attached hydrogen (secondary N) is 2. The summed E-state index contributed by atoms with van der Waals surface area (Å²) in [5.41, 5.74) is 2.44. The van der Waals surface area contributed by atoms with Crippen molar-refractivity contribution in [2.24, 2.45) is 10.2 Å². The van der Waals surface area contributed by atoms with Crippen LogP contribution in [0.4, 0.5) is 33.6 Å². The lowest BCUT2D eigenvalue weighted by Gasteiger charge is -2.08. The van der Waals surface area contributed by atoms with E-state index in [1.54, 1.807) is 18.2 Å². The Kier molecular flexibility index (Phi) is 6.47. The molecule has 3 aromatic carbocycles. The second-order valence-electron chi connectivity index (χ2n) is 7.44. The first-order chi connectivity index (χ1) is 17.2. The van der Waals surface area contributed by atoms with Gasteiger partial charge in [0.25, 0.3) is 5.95 Å². The Bertz CT molecular complexity index is 1360. The van der Waals surface area contributed by atoms with Crippen LogP contribution < -0.4 is 10.6 Å². The van der Waals surface area contributed by atoms with Crippen molar-refractivity contribution in [3.63, 3.8) is 0 Å². The minimum absolute atomic E-state index is 0.141. The van der Waals surface area contributed by atoms with Gasteiger partial charge in [-0.1, -0.05) is 36.4 Å². The third-order valence-electron chi connectivity index (χ3n) is 4.86. The van der Waals surface area contributed by atoms with Gasteiger partial charge in [0.05, 0.1) is 0 Å². The first-order valence-corrected chi connectivity index (χ1v) is 10.8. The fourth-order valence-corrected chi connectivity index (χ4v) is 3.22. The molecule has 5 aromatic rings. The average molecular weight is 465 g/mol. The van der Waals surface area contributed by atoms with Gasteiger partial charge >= 0.3 is 0 Å². The summed E-state index contributed by atoms with van der Waals surface area (Å²) in [6, 6.07) is 28.8. The number of hydrogen-bond donors (Lipinski definition) is 2. The quantitative estimate of drug-likeness (QED) is 0.238. The number of para-hydroxylation sites is 2. The van der Waals surface area contributed by atoms with E-state index >= 15 is 0 Å². The SMILES string of the molecule is Fc1ccc(-c2ccc(CN=Nc3nc(Nc4ccccc4)nc(Nc4ccccc4)n3)o2)cc1. The highest BCUT2D eigenvalue weighted by molar-refractivity contribution is 5.59. The monoisotopic (exact) mass is 465 g/mol. The molecular weight excluding hydrogens is 445 g/mol. The Morgan fingerprint density at radius 1 is 0.686 bits per heavy atom. The van der Waals surface area contributed by atoms with Gasteiger partial charge in [-0.15, -0.1) is 5.11 Å². The smallest absolute Gasteiger partial charge is 0.275 e. The predicted octanol–water partition coefficient (Wildman–Crippen LogP) is 7.04. The van der Waals surface area contributed by atoms with Gasteiger partial charge in [0.15, 0.2) is 0 Å². The summed E-state index contributed by atoms with van der Waals surface area (Å²) in [6.07, 6.45) is 0. The maximum Gasteiger partial charge on any atom is 0.275 e. The normalized spacial score (nSPS) is 11.0. The lowest BCUT2D eigenvalue weighted by atomic mass is 10.2. The molecule has 172 valence electrons. The lowest BCUT2D eigenvalue weighted by Crippen LogP contribution is -2.03. The summed E-state index contributed by atoms with van der Waals surface area (Å²) in [5, 5.41) is 14.7. The van der Waals surface area contributed by atoms with Crippen molar-refractivity contribution in [2.45, 2.75) is 6.54 Å². The Morgan fingerprint density at radius 3 is 1.89 bits per heavy atom. The molecule has 2 heterocycles. The van der Waals surface area contributed by atoms with Crippen LogP contribution in [0.2, 0.25) is 0 Å². The molecule has 0 bridgehead atoms. The largest absolute Gasteiger partial charge is 0.459 e. The van der Waals surface area contributed by atoms with E-state index in [1.807, 2.05) is 66.7 Å². The number of rotatable bonds is 8. The van der Waals surface area contributed by atoms with E-state index in [9.17, 15) is 4.39 Å². The van der Waals surface area contributed by atoms with E-state index in [0.717, 1.165) is 16.9 Å². The molecule has 8 nitrogen and oxygen atoms in total. The molecule has 0 aliphatic carbocycles. The van der Waals surface area contributed by atoms with E-state index in [-0.39, 0.29) is 18.3 Å². The minimum Gasteiger partial charge on any atom is -0.459 e. The Hall–Kier alpha value is -4.92. The van der Waals surface area contributed by atoms with E-state index in [0.29, 0.717) is 23.4 Å². The maximum atomic E-state index is 13.2. The molecule has 9 heteroatoms. The van der Waals surface area contributed by atoms with E-state index in [1.165, 1.54) is 12.1 Å². The molecule has 0 aliphatic rings. The minimum atomic E-state index is -0.297. The second-order valence-corrected chi connectivity index (χ2v) is 7.44. The zero-order valence-electron chi connectivity index (χ0n) is 18.5. The van der Waals surface area contributed by atoms with Gasteiger partial charge in [-0.05, 0) is 60.7 Å². The van der Waals surface area contributed by atoms with Gasteiger partial charge in [-0.3, -0.25) is 0 Å². The van der Waals surface area contributed by atoms with Gasteiger partial charge in [0.2, 0.25) is 11.9 Å². The number of anilines is 4. The fraction of sp³-hybridized carbons (Fsp3) is 0.0385. The third kappa shape index (κ3) is 5.91. The Labute approximate surface area is 200 Å². The highest BCUT2D eigenvalue weighted by Gasteiger charge is 2.08. The van der Waals surface area contributed by atoms with Crippen molar-refractivity contribution in [1.82, 2.24) is 15.0 Å². The molecule has 0 radical (unpaired) electrons. The van der Waals surface area contributed by atoms with Gasteiger partial charge < -0.3 is 15.1 Å². The molecule has 0 unspecified atom stereocenters. The van der Waals surface area contributed by atoms with Gasteiger partial charge in [-0.2, -0.15) is 20.1 Å². The van der Waals surface area contributed by atoms with E-state index < -0.39 is 0 Å². The number of furan rings is 1. The van der Waals surface area contributed by atoms with Crippen LogP contribution in [0.1, 0.15) is 5.76 Å². The summed E-state index contributed by atoms with van der Waals surface area (Å²) in [4.78, 5) is 13.2. The predicted molar refractivity (Wildman–Crippen MR) is 132 cm³/mol. The molecule has 0 fully saturated rings. The van der Waals surface area contributed by atoms with E-state index in [4.69, 9.17) is 4.42 Å². The first-order valence-electron chi connectivity index (χ1n) is 10.8. The fourth-order valence-electron chi connectivity index (χ4n) is 3.22. The molecule has 2 aromatic heterocycles. The topological polar surface area (TPSA) is 101 Å². The van der Waals surface area contributed by atoms with Crippen LogP contribution in [-0.2, 0) is 6.54 Å². The van der Waals surface area contributed by atoms with Gasteiger partial charge in [-0.25, -0.2) is 4.39 Å². The number of nitrogens with zero attached hydrogens (tertiary/aromatic N) is 5. The average Bonchev–Trinajstić information content (AvgIpc) is 3.35. The summed E-state index contributed by atoms with van der Waals surface area (Å²) < 4.78 is 19.0. The molecule has 0 aliphatic heterocycles. The van der Waals surface area contributed by atoms with Crippen LogP contribution in [0.3, 0.4) is 0 Å². The number of benzene rings is 3. The van der Waals surface area contributed by atoms with Crippen LogP contribution in [0.5, 0.6) is 0 Å². The number of aromatic nitrogens is 3. The van der Waals surface area contributed by atoms with Crippen LogP contribution >= 0.6 is 0 Å². The van der Waals surface area contributed by atoms with Gasteiger partial charge in [0.1, 0.15) is 23.9 Å². The van der Waals surface area contributed by atoms with E-state index in [2.05, 4.69) is 35.8 Å². The Balaban J connectivity index is 1.34. The molecule has 5 rings (SSSR count). The molecule has 35 heavy (non-hydrogen) atoms. The number of halogens is 1. The van der Waals surface area contributed by atoms with Crippen molar-refractivity contribution < 1.29 is 8.81 Å². The summed E-state index contributed by atoms with van der Waals surface area (Å²) in [7, 11) is 0. The van der Waals surface area contributed by atoms with Crippen molar-refractivity contribution in [1.29, 1.82) is 0 Å². The molecule has 0 spiro atoms. The summed E-state index contributed by atoms with van der Waals surface area (Å²) >= 11 is 0. The molecule has 2 N–H and O–H groups in total. The molecule has 0 saturated carbocycles. The standard InChI is InChI=1S/C26H20FN7O/c27-19-13-11-18(12-14-19)23-16-15-22(35-23)17-28-34-26-32-24(29-20-7-3-1-4-8-20)31-25(33-26)30-21-9-5-2-6-10-21/h1-16H,17H2,(H2,29,30,31,32,33). The van der Waals surface area contributed by atoms with Crippen molar-refractivity contribution in [3.05, 3.63) is 109 Å². The molecule has 0 amide bonds. The maximum absolute atomic E-state index is 13.2. The third-order valence-corrected chi connectivity index (χ3v) is 4.86. The van der Waals surface area contributed by atoms with Crippen LogP contribution in [0, 0.1) is 5.82 Å². The number of azo groups is 1. The van der Waals surface area contributed by atoms with Crippen molar-refractivity contribution in [3.8, 4) is 11.3 Å². The number of hydrogen-bond acceptors (Lipinski definition) is 8. The van der Waals surface area contributed by atoms with Gasteiger partial charge in [0, 0.05) is 16.9 Å². The van der Waals surface area contributed by atoms with Crippen LogP contribution in [0.25, 0.3) is 11.3 Å². The molecule has 0 saturated heterocycles. The zero-order chi connectivity index (χ0) is 23.9. The lowest BCUT2D eigenvalue weighted by molar-refractivity contribution is 0.521. The summed E-state index contributed by atoms with van der Waals surface area (Å²) in [5.74, 6) is 1.73. The highest BCUT2D eigenvalue weighted by Crippen LogP contribution is 2.24. The molecular formula is C26H20FN7O. The second kappa shape index (κ2) is 10.3. The zero-order valence-corrected chi connectivity index (χ0v) is 18.5. The first kappa shape index (κ1) is 21.9.